The summed E-state index contributed by atoms with van der Waals surface area (Å²) < 4.78 is 0. The van der Waals surface area contributed by atoms with E-state index in [0.29, 0.717) is 26.6 Å². The minimum Gasteiger partial charge on any atom is -0.381 e. The Morgan fingerprint density at radius 3 is 2.06 bits per heavy atom. The van der Waals surface area contributed by atoms with Crippen LogP contribution in [0.1, 0.15) is 5.56 Å². The molecule has 1 N–H and O–H groups in total. The van der Waals surface area contributed by atoms with Crippen molar-refractivity contribution < 1.29 is 0 Å². The van der Waals surface area contributed by atoms with Crippen molar-refractivity contribution in [1.82, 2.24) is 0 Å². The zero-order chi connectivity index (χ0) is 13.1. The third-order valence-electron chi connectivity index (χ3n) is 2.45. The van der Waals surface area contributed by atoms with Gasteiger partial charge in [-0.05, 0) is 30.3 Å². The first-order valence-corrected chi connectivity index (χ1v) is 6.71. The molecule has 0 aliphatic carbocycles. The fraction of sp³-hybridized carbons (Fsp3) is 0.0769. The van der Waals surface area contributed by atoms with E-state index in [1.165, 1.54) is 0 Å². The lowest BCUT2D eigenvalue weighted by Crippen LogP contribution is -2.00. The lowest BCUT2D eigenvalue weighted by molar-refractivity contribution is 1.15. The minimum absolute atomic E-state index is 0.506. The normalized spacial score (nSPS) is 10.4. The van der Waals surface area contributed by atoms with E-state index in [9.17, 15) is 0 Å². The van der Waals surface area contributed by atoms with Gasteiger partial charge < -0.3 is 5.32 Å². The first-order chi connectivity index (χ1) is 8.58. The van der Waals surface area contributed by atoms with Gasteiger partial charge in [0.1, 0.15) is 0 Å². The topological polar surface area (TPSA) is 12.0 Å². The molecule has 0 saturated carbocycles. The molecule has 94 valence electrons. The van der Waals surface area contributed by atoms with Crippen LogP contribution in [0.25, 0.3) is 0 Å². The maximum atomic E-state index is 6.08. The monoisotopic (exact) mass is 319 g/mol. The van der Waals surface area contributed by atoms with E-state index >= 15 is 0 Å². The predicted octanol–water partition coefficient (Wildman–Crippen LogP) is 5.91. The highest BCUT2D eigenvalue weighted by Crippen LogP contribution is 2.28. The van der Waals surface area contributed by atoms with Gasteiger partial charge in [-0.1, -0.05) is 52.5 Å². The van der Waals surface area contributed by atoms with Crippen LogP contribution in [-0.2, 0) is 6.54 Å². The summed E-state index contributed by atoms with van der Waals surface area (Å²) in [5.74, 6) is 0. The predicted molar refractivity (Wildman–Crippen MR) is 80.3 cm³/mol. The second kappa shape index (κ2) is 6.03. The number of halogens is 4. The van der Waals surface area contributed by atoms with E-state index in [2.05, 4.69) is 5.32 Å². The quantitative estimate of drug-likeness (QED) is 0.741. The van der Waals surface area contributed by atoms with Gasteiger partial charge >= 0.3 is 0 Å². The van der Waals surface area contributed by atoms with Gasteiger partial charge in [-0.15, -0.1) is 0 Å². The zero-order valence-electron chi connectivity index (χ0n) is 9.18. The van der Waals surface area contributed by atoms with Gasteiger partial charge in [0.2, 0.25) is 0 Å². The number of rotatable bonds is 3. The molecule has 0 saturated heterocycles. The molecule has 0 amide bonds. The van der Waals surface area contributed by atoms with Crippen molar-refractivity contribution in [2.45, 2.75) is 6.54 Å². The number of nitrogens with one attached hydrogen (secondary N) is 1. The van der Waals surface area contributed by atoms with E-state index in [0.717, 1.165) is 11.3 Å². The molecule has 18 heavy (non-hydrogen) atoms. The zero-order valence-corrected chi connectivity index (χ0v) is 12.2. The molecule has 0 heterocycles. The first kappa shape index (κ1) is 13.8. The molecule has 0 aromatic heterocycles. The summed E-state index contributed by atoms with van der Waals surface area (Å²) in [4.78, 5) is 0. The maximum Gasteiger partial charge on any atom is 0.0612 e. The molecule has 0 fully saturated rings. The summed E-state index contributed by atoms with van der Waals surface area (Å²) in [5, 5.41) is 5.50. The summed E-state index contributed by atoms with van der Waals surface area (Å²) in [6.07, 6.45) is 0. The summed E-state index contributed by atoms with van der Waals surface area (Å²) in [6.45, 7) is 0.524. The third kappa shape index (κ3) is 3.24. The van der Waals surface area contributed by atoms with Gasteiger partial charge in [0.05, 0.1) is 10.0 Å². The van der Waals surface area contributed by atoms with E-state index < -0.39 is 0 Å². The average Bonchev–Trinajstić information content (AvgIpc) is 2.33. The molecule has 5 heteroatoms. The van der Waals surface area contributed by atoms with Crippen molar-refractivity contribution >= 4 is 52.1 Å². The van der Waals surface area contributed by atoms with Crippen molar-refractivity contribution in [2.24, 2.45) is 0 Å². The first-order valence-electron chi connectivity index (χ1n) is 5.20. The van der Waals surface area contributed by atoms with Crippen LogP contribution in [0.3, 0.4) is 0 Å². The van der Waals surface area contributed by atoms with Crippen molar-refractivity contribution in [3.05, 3.63) is 62.1 Å². The molecule has 0 radical (unpaired) electrons. The van der Waals surface area contributed by atoms with Crippen LogP contribution in [0.5, 0.6) is 0 Å². The molecule has 2 aromatic carbocycles. The van der Waals surface area contributed by atoms with Crippen LogP contribution in [0.4, 0.5) is 5.69 Å². The molecule has 1 nitrogen and oxygen atoms in total. The molecule has 0 bridgehead atoms. The third-order valence-corrected chi connectivity index (χ3v) is 3.90. The van der Waals surface area contributed by atoms with Crippen molar-refractivity contribution in [3.63, 3.8) is 0 Å². The highest BCUT2D eigenvalue weighted by Gasteiger charge is 2.05. The van der Waals surface area contributed by atoms with Crippen LogP contribution in [0.15, 0.2) is 36.4 Å². The van der Waals surface area contributed by atoms with E-state index in [1.807, 2.05) is 12.1 Å². The summed E-state index contributed by atoms with van der Waals surface area (Å²) in [7, 11) is 0. The SMILES string of the molecule is Clc1ccc(NCc2c(Cl)cccc2Cl)cc1Cl. The maximum absolute atomic E-state index is 6.08. The molecular formula is C13H9Cl4N. The van der Waals surface area contributed by atoms with Gasteiger partial charge in [-0.2, -0.15) is 0 Å². The van der Waals surface area contributed by atoms with Gasteiger partial charge in [0.25, 0.3) is 0 Å². The van der Waals surface area contributed by atoms with Crippen molar-refractivity contribution in [1.29, 1.82) is 0 Å². The van der Waals surface area contributed by atoms with Crippen molar-refractivity contribution in [3.8, 4) is 0 Å². The second-order valence-corrected chi connectivity index (χ2v) is 5.31. The number of benzene rings is 2. The smallest absolute Gasteiger partial charge is 0.0612 e. The van der Waals surface area contributed by atoms with Gasteiger partial charge in [0, 0.05) is 27.8 Å². The lowest BCUT2D eigenvalue weighted by atomic mass is 10.2. The Morgan fingerprint density at radius 2 is 1.44 bits per heavy atom. The fourth-order valence-corrected chi connectivity index (χ4v) is 2.33. The van der Waals surface area contributed by atoms with Crippen LogP contribution >= 0.6 is 46.4 Å². The Morgan fingerprint density at radius 1 is 0.778 bits per heavy atom. The molecular weight excluding hydrogens is 312 g/mol. The van der Waals surface area contributed by atoms with E-state index in [4.69, 9.17) is 46.4 Å². The van der Waals surface area contributed by atoms with Crippen LogP contribution in [0, 0.1) is 0 Å². The number of hydrogen-bond donors (Lipinski definition) is 1. The van der Waals surface area contributed by atoms with Crippen LogP contribution < -0.4 is 5.32 Å². The molecule has 0 unspecified atom stereocenters. The highest BCUT2D eigenvalue weighted by atomic mass is 35.5. The molecule has 2 aromatic rings. The fourth-order valence-electron chi connectivity index (χ4n) is 1.50. The van der Waals surface area contributed by atoms with Crippen molar-refractivity contribution in [2.75, 3.05) is 5.32 Å². The lowest BCUT2D eigenvalue weighted by Gasteiger charge is -2.10. The molecule has 2 rings (SSSR count). The summed E-state index contributed by atoms with van der Waals surface area (Å²) in [6, 6.07) is 10.8. The van der Waals surface area contributed by atoms with Crippen LogP contribution in [-0.4, -0.2) is 0 Å². The second-order valence-electron chi connectivity index (χ2n) is 3.68. The molecule has 0 aliphatic heterocycles. The Kier molecular flexibility index (Phi) is 4.63. The van der Waals surface area contributed by atoms with E-state index in [-0.39, 0.29) is 0 Å². The van der Waals surface area contributed by atoms with E-state index in [1.54, 1.807) is 24.3 Å². The largest absolute Gasteiger partial charge is 0.381 e. The Labute approximate surface area is 126 Å². The Bertz CT molecular complexity index is 549. The summed E-state index contributed by atoms with van der Waals surface area (Å²) in [5.41, 5.74) is 1.72. The Hall–Kier alpha value is -0.600. The molecule has 0 atom stereocenters. The number of hydrogen-bond acceptors (Lipinski definition) is 1. The van der Waals surface area contributed by atoms with Gasteiger partial charge in [0.15, 0.2) is 0 Å². The molecule has 0 aliphatic rings. The number of anilines is 1. The Balaban J connectivity index is 2.14. The minimum atomic E-state index is 0.506. The summed E-state index contributed by atoms with van der Waals surface area (Å²) >= 11 is 23.9. The van der Waals surface area contributed by atoms with Gasteiger partial charge in [-0.25, -0.2) is 0 Å². The highest BCUT2D eigenvalue weighted by molar-refractivity contribution is 6.42. The average molecular weight is 321 g/mol. The van der Waals surface area contributed by atoms with Gasteiger partial charge in [-0.3, -0.25) is 0 Å². The van der Waals surface area contributed by atoms with Crippen LogP contribution in [0.2, 0.25) is 20.1 Å². The molecule has 0 spiro atoms. The standard InChI is InChI=1S/C13H9Cl4N/c14-10-2-1-3-11(15)9(10)7-18-8-4-5-12(16)13(17)6-8/h1-6,18H,7H2.